The van der Waals surface area contributed by atoms with Crippen LogP contribution in [0, 0.1) is 17.5 Å². The molecule has 0 atom stereocenters. The number of allylic oxidation sites excluding steroid dienone is 1. The zero-order chi connectivity index (χ0) is 24.7. The van der Waals surface area contributed by atoms with Gasteiger partial charge in [-0.15, -0.1) is 0 Å². The van der Waals surface area contributed by atoms with Crippen molar-refractivity contribution < 1.29 is 26.3 Å². The third kappa shape index (κ3) is 7.24. The zero-order valence-corrected chi connectivity index (χ0v) is 18.9. The van der Waals surface area contributed by atoms with Crippen molar-refractivity contribution in [1.29, 1.82) is 0 Å². The highest BCUT2D eigenvalue weighted by atomic mass is 19.4. The molecule has 0 unspecified atom stereocenters. The average Bonchev–Trinajstić information content (AvgIpc) is 2.77. The van der Waals surface area contributed by atoms with Crippen LogP contribution in [0.5, 0.6) is 0 Å². The molecule has 0 bridgehead atoms. The number of benzene rings is 3. The van der Waals surface area contributed by atoms with Crippen molar-refractivity contribution in [1.82, 2.24) is 0 Å². The molecule has 34 heavy (non-hydrogen) atoms. The SMILES string of the molecule is CCCCCc1ccc(-c2ccc(CCc3cc(F)c(/C=C/C(F)(F)F)c(F)c3)c(F)c2)cc1. The summed E-state index contributed by atoms with van der Waals surface area (Å²) in [5.74, 6) is -2.61. The van der Waals surface area contributed by atoms with Gasteiger partial charge in [-0.2, -0.15) is 13.2 Å². The Balaban J connectivity index is 1.67. The maximum absolute atomic E-state index is 14.7. The van der Waals surface area contributed by atoms with Crippen molar-refractivity contribution in [2.75, 3.05) is 0 Å². The molecule has 0 amide bonds. The molecule has 0 radical (unpaired) electrons. The first-order valence-corrected chi connectivity index (χ1v) is 11.3. The first kappa shape index (κ1) is 25.6. The van der Waals surface area contributed by atoms with Crippen LogP contribution in [-0.2, 0) is 19.3 Å². The molecule has 0 saturated carbocycles. The number of rotatable bonds is 9. The van der Waals surface area contributed by atoms with Crippen molar-refractivity contribution in [3.05, 3.63) is 100 Å². The molecule has 6 heteroatoms. The van der Waals surface area contributed by atoms with Gasteiger partial charge in [-0.05, 0) is 77.8 Å². The van der Waals surface area contributed by atoms with Gasteiger partial charge in [0.1, 0.15) is 17.5 Å². The van der Waals surface area contributed by atoms with Crippen molar-refractivity contribution in [3.63, 3.8) is 0 Å². The molecule has 180 valence electrons. The van der Waals surface area contributed by atoms with E-state index in [1.54, 1.807) is 12.1 Å². The monoisotopic (exact) mass is 476 g/mol. The average molecular weight is 477 g/mol. The van der Waals surface area contributed by atoms with E-state index in [4.69, 9.17) is 0 Å². The molecule has 0 aromatic heterocycles. The third-order valence-electron chi connectivity index (χ3n) is 5.67. The van der Waals surface area contributed by atoms with Crippen LogP contribution >= 0.6 is 0 Å². The van der Waals surface area contributed by atoms with Crippen LogP contribution in [0.4, 0.5) is 26.3 Å². The summed E-state index contributed by atoms with van der Waals surface area (Å²) in [5, 5.41) is 0. The molecule has 3 aromatic carbocycles. The highest BCUT2D eigenvalue weighted by Crippen LogP contribution is 2.25. The molecule has 3 aromatic rings. The van der Waals surface area contributed by atoms with E-state index in [1.807, 2.05) is 24.3 Å². The molecule has 0 nitrogen and oxygen atoms in total. The number of alkyl halides is 3. The second kappa shape index (κ2) is 11.4. The summed E-state index contributed by atoms with van der Waals surface area (Å²) in [7, 11) is 0. The third-order valence-corrected chi connectivity index (χ3v) is 5.67. The smallest absolute Gasteiger partial charge is 0.207 e. The Morgan fingerprint density at radius 2 is 1.32 bits per heavy atom. The molecule has 0 aliphatic heterocycles. The molecule has 0 heterocycles. The van der Waals surface area contributed by atoms with Gasteiger partial charge in [-0.25, -0.2) is 13.2 Å². The zero-order valence-electron chi connectivity index (χ0n) is 18.9. The van der Waals surface area contributed by atoms with Crippen molar-refractivity contribution >= 4 is 6.08 Å². The molecule has 0 saturated heterocycles. The normalized spacial score (nSPS) is 12.0. The first-order chi connectivity index (χ1) is 16.2. The topological polar surface area (TPSA) is 0 Å². The summed E-state index contributed by atoms with van der Waals surface area (Å²) in [6.07, 6.45) is 0.319. The predicted octanol–water partition coefficient (Wildman–Crippen LogP) is 8.86. The number of hydrogen-bond donors (Lipinski definition) is 0. The number of aryl methyl sites for hydroxylation is 3. The van der Waals surface area contributed by atoms with Gasteiger partial charge < -0.3 is 0 Å². The van der Waals surface area contributed by atoms with E-state index in [-0.39, 0.29) is 24.5 Å². The van der Waals surface area contributed by atoms with Crippen LogP contribution in [0.25, 0.3) is 17.2 Å². The minimum absolute atomic E-state index is 0.139. The lowest BCUT2D eigenvalue weighted by Crippen LogP contribution is -2.02. The Morgan fingerprint density at radius 1 is 0.676 bits per heavy atom. The Kier molecular flexibility index (Phi) is 8.59. The summed E-state index contributed by atoms with van der Waals surface area (Å²) < 4.78 is 79.7. The van der Waals surface area contributed by atoms with Gasteiger partial charge in [-0.3, -0.25) is 0 Å². The quantitative estimate of drug-likeness (QED) is 0.214. The highest BCUT2D eigenvalue weighted by molar-refractivity contribution is 5.64. The van der Waals surface area contributed by atoms with Gasteiger partial charge in [0.05, 0.1) is 0 Å². The van der Waals surface area contributed by atoms with Gasteiger partial charge in [0.2, 0.25) is 0 Å². The van der Waals surface area contributed by atoms with Crippen LogP contribution in [-0.4, -0.2) is 6.18 Å². The minimum atomic E-state index is -4.67. The summed E-state index contributed by atoms with van der Waals surface area (Å²) >= 11 is 0. The molecule has 3 rings (SSSR count). The maximum atomic E-state index is 14.7. The highest BCUT2D eigenvalue weighted by Gasteiger charge is 2.23. The standard InChI is InChI=1S/C28H26F6/c1-2-3-4-5-19-6-9-21(10-7-19)23-13-12-22(25(29)18-23)11-8-20-16-26(30)24(27(31)17-20)14-15-28(32,33)34/h6-7,9-10,12-18H,2-5,8,11H2,1H3/b15-14+. The van der Waals surface area contributed by atoms with Gasteiger partial charge >= 0.3 is 6.18 Å². The second-order valence-corrected chi connectivity index (χ2v) is 8.31. The lowest BCUT2D eigenvalue weighted by atomic mass is 9.97. The number of hydrogen-bond acceptors (Lipinski definition) is 0. The number of halogens is 6. The first-order valence-electron chi connectivity index (χ1n) is 11.3. The van der Waals surface area contributed by atoms with Crippen molar-refractivity contribution in [2.45, 2.75) is 51.6 Å². The Bertz CT molecular complexity index is 1100. The largest absolute Gasteiger partial charge is 0.409 e. The van der Waals surface area contributed by atoms with E-state index in [0.717, 1.165) is 42.5 Å². The Labute approximate surface area is 195 Å². The maximum Gasteiger partial charge on any atom is 0.409 e. The van der Waals surface area contributed by atoms with Crippen LogP contribution in [0.2, 0.25) is 0 Å². The fourth-order valence-corrected chi connectivity index (χ4v) is 3.77. The van der Waals surface area contributed by atoms with Gasteiger partial charge in [-0.1, -0.05) is 56.2 Å². The van der Waals surface area contributed by atoms with E-state index in [1.165, 1.54) is 18.1 Å². The van der Waals surface area contributed by atoms with E-state index in [9.17, 15) is 26.3 Å². The van der Waals surface area contributed by atoms with Crippen LogP contribution in [0.15, 0.2) is 60.7 Å². The van der Waals surface area contributed by atoms with Crippen molar-refractivity contribution in [3.8, 4) is 11.1 Å². The fraction of sp³-hybridized carbons (Fsp3) is 0.286. The van der Waals surface area contributed by atoms with Gasteiger partial charge in [0.25, 0.3) is 0 Å². The predicted molar refractivity (Wildman–Crippen MR) is 124 cm³/mol. The summed E-state index contributed by atoms with van der Waals surface area (Å²) in [4.78, 5) is 0. The molecule has 0 fully saturated rings. The van der Waals surface area contributed by atoms with Crippen LogP contribution in [0.3, 0.4) is 0 Å². The van der Waals surface area contributed by atoms with E-state index in [2.05, 4.69) is 6.92 Å². The van der Waals surface area contributed by atoms with Gasteiger partial charge in [0, 0.05) is 11.6 Å². The van der Waals surface area contributed by atoms with Crippen molar-refractivity contribution in [2.24, 2.45) is 0 Å². The van der Waals surface area contributed by atoms with E-state index < -0.39 is 29.2 Å². The molecular formula is C28H26F6. The lowest BCUT2D eigenvalue weighted by Gasteiger charge is -2.09. The molecule has 0 N–H and O–H groups in total. The Hall–Kier alpha value is -3.02. The molecule has 0 spiro atoms. The molecular weight excluding hydrogens is 450 g/mol. The van der Waals surface area contributed by atoms with Crippen LogP contribution in [0.1, 0.15) is 48.4 Å². The summed E-state index contributed by atoms with van der Waals surface area (Å²) in [6, 6.07) is 14.9. The van der Waals surface area contributed by atoms with E-state index >= 15 is 0 Å². The Morgan fingerprint density at radius 3 is 1.91 bits per heavy atom. The van der Waals surface area contributed by atoms with Gasteiger partial charge in [0.15, 0.2) is 0 Å². The molecule has 0 aliphatic carbocycles. The van der Waals surface area contributed by atoms with E-state index in [0.29, 0.717) is 11.6 Å². The summed E-state index contributed by atoms with van der Waals surface area (Å²) in [6.45, 7) is 2.16. The van der Waals surface area contributed by atoms with Crippen LogP contribution < -0.4 is 0 Å². The molecule has 0 aliphatic rings. The second-order valence-electron chi connectivity index (χ2n) is 8.31. The minimum Gasteiger partial charge on any atom is -0.207 e. The number of unbranched alkanes of at least 4 members (excludes halogenated alkanes) is 2. The lowest BCUT2D eigenvalue weighted by molar-refractivity contribution is -0.0790. The summed E-state index contributed by atoms with van der Waals surface area (Å²) in [5.41, 5.74) is 2.75. The fourth-order valence-electron chi connectivity index (χ4n) is 3.77.